The Labute approximate surface area is 296 Å². The van der Waals surface area contributed by atoms with E-state index in [0.717, 1.165) is 35.1 Å². The molecule has 1 heterocycles. The average molecular weight is 675 g/mol. The highest BCUT2D eigenvalue weighted by Crippen LogP contribution is 2.59. The molecule has 3 N–H and O–H groups in total. The minimum atomic E-state index is -1.25. The van der Waals surface area contributed by atoms with Gasteiger partial charge in [-0.3, -0.25) is 4.79 Å². The van der Waals surface area contributed by atoms with Gasteiger partial charge in [0.05, 0.1) is 30.6 Å². The van der Waals surface area contributed by atoms with Crippen LogP contribution in [0.25, 0.3) is 0 Å². The number of hydrogen-bond donors (Lipinski definition) is 3. The van der Waals surface area contributed by atoms with Gasteiger partial charge in [0.1, 0.15) is 0 Å². The summed E-state index contributed by atoms with van der Waals surface area (Å²) >= 11 is 0. The maximum Gasteiger partial charge on any atom is 0.318 e. The van der Waals surface area contributed by atoms with Crippen molar-refractivity contribution in [2.45, 2.75) is 95.9 Å². The number of rotatable bonds is 8. The molecule has 50 heavy (non-hydrogen) atoms. The molecule has 3 aliphatic carbocycles. The Balaban J connectivity index is 1.39. The van der Waals surface area contributed by atoms with Gasteiger partial charge in [0.2, 0.25) is 5.78 Å². The first-order valence-electron chi connectivity index (χ1n) is 18.0. The zero-order chi connectivity index (χ0) is 35.3. The molecule has 0 spiro atoms. The Morgan fingerprint density at radius 2 is 1.72 bits per heavy atom. The van der Waals surface area contributed by atoms with Crippen molar-refractivity contribution in [3.63, 3.8) is 0 Å². The number of amides is 2. The molecular formula is C43H50N2O5. The number of hydrogen-bond acceptors (Lipinski definition) is 5. The molecule has 1 aromatic heterocycles. The van der Waals surface area contributed by atoms with Crippen LogP contribution in [0.2, 0.25) is 0 Å². The van der Waals surface area contributed by atoms with E-state index in [4.69, 9.17) is 4.42 Å². The van der Waals surface area contributed by atoms with Crippen LogP contribution < -0.4 is 5.32 Å². The van der Waals surface area contributed by atoms with Gasteiger partial charge in [-0.1, -0.05) is 91.4 Å². The van der Waals surface area contributed by atoms with Gasteiger partial charge in [0.15, 0.2) is 5.76 Å². The van der Waals surface area contributed by atoms with Crippen LogP contribution in [0.3, 0.4) is 0 Å². The quantitative estimate of drug-likeness (QED) is 0.128. The summed E-state index contributed by atoms with van der Waals surface area (Å²) < 4.78 is 5.58. The van der Waals surface area contributed by atoms with Crippen molar-refractivity contribution in [3.05, 3.63) is 142 Å². The van der Waals surface area contributed by atoms with E-state index in [0.29, 0.717) is 44.2 Å². The standard InChI is InChI=1S/C43H50N2O5/c1-30-12-10-23-42(3)38(36-21-19-33(26-35(46)20-18-30)27-37(36)40(47)39-17-11-25-50-39)22-24-43(42,49)29-45(28-32-13-6-4-7-14-32)41(48)44-31(2)34-15-8-5-9-16-34/h4-9,11-17,19,21,25,27,31,35,38,46,49H,10,18,20,22-24,26,28-29H2,1-3H3,(H,44,48)/t31-,35+,38+,42+,43-/m1/s1. The lowest BCUT2D eigenvalue weighted by atomic mass is 9.64. The summed E-state index contributed by atoms with van der Waals surface area (Å²) in [5.74, 6) is -0.110. The summed E-state index contributed by atoms with van der Waals surface area (Å²) in [6.45, 7) is 6.70. The summed E-state index contributed by atoms with van der Waals surface area (Å²) in [5.41, 5.74) is 3.57. The monoisotopic (exact) mass is 674 g/mol. The van der Waals surface area contributed by atoms with Crippen LogP contribution in [0.15, 0.2) is 113 Å². The van der Waals surface area contributed by atoms with Crippen molar-refractivity contribution in [2.24, 2.45) is 5.41 Å². The lowest BCUT2D eigenvalue weighted by Gasteiger charge is -2.46. The molecule has 7 nitrogen and oxygen atoms in total. The average Bonchev–Trinajstić information content (AvgIpc) is 3.74. The second kappa shape index (κ2) is 15.2. The fraction of sp³-hybridized carbons (Fsp3) is 0.395. The lowest BCUT2D eigenvalue weighted by molar-refractivity contribution is -0.0781. The first-order valence-corrected chi connectivity index (χ1v) is 18.0. The molecular weight excluding hydrogens is 624 g/mol. The number of ketones is 1. The molecule has 3 aliphatic rings. The number of carbonyl (C=O) groups excluding carboxylic acids is 2. The molecule has 0 unspecified atom stereocenters. The summed E-state index contributed by atoms with van der Waals surface area (Å²) in [4.78, 5) is 30.0. The van der Waals surface area contributed by atoms with Crippen LogP contribution in [0.4, 0.5) is 4.79 Å². The number of urea groups is 1. The predicted molar refractivity (Wildman–Crippen MR) is 196 cm³/mol. The van der Waals surface area contributed by atoms with E-state index in [1.807, 2.05) is 85.8 Å². The van der Waals surface area contributed by atoms with Gasteiger partial charge in [-0.05, 0) is 105 Å². The third-order valence-electron chi connectivity index (χ3n) is 11.3. The number of aliphatic hydroxyl groups is 2. The minimum absolute atomic E-state index is 0.136. The number of allylic oxidation sites excluding steroid dienone is 2. The van der Waals surface area contributed by atoms with Crippen LogP contribution in [0, 0.1) is 5.41 Å². The van der Waals surface area contributed by atoms with Gasteiger partial charge in [-0.15, -0.1) is 0 Å². The normalized spacial score (nSPS) is 24.5. The first kappa shape index (κ1) is 35.4. The molecule has 3 aromatic carbocycles. The number of carbonyl (C=O) groups is 2. The van der Waals surface area contributed by atoms with Crippen LogP contribution >= 0.6 is 0 Å². The molecule has 0 radical (unpaired) electrons. The molecule has 0 saturated heterocycles. The largest absolute Gasteiger partial charge is 0.461 e. The highest BCUT2D eigenvalue weighted by Gasteiger charge is 2.57. The highest BCUT2D eigenvalue weighted by atomic mass is 16.3. The van der Waals surface area contributed by atoms with Gasteiger partial charge in [-0.2, -0.15) is 0 Å². The third kappa shape index (κ3) is 7.64. The second-order valence-electron chi connectivity index (χ2n) is 14.7. The van der Waals surface area contributed by atoms with E-state index in [1.165, 1.54) is 11.8 Å². The van der Waals surface area contributed by atoms with Crippen LogP contribution in [0.5, 0.6) is 0 Å². The Kier molecular flexibility index (Phi) is 10.7. The van der Waals surface area contributed by atoms with Crippen molar-refractivity contribution < 1.29 is 24.2 Å². The summed E-state index contributed by atoms with van der Waals surface area (Å²) in [6.07, 6.45) is 7.56. The van der Waals surface area contributed by atoms with Gasteiger partial charge in [0, 0.05) is 17.5 Å². The van der Waals surface area contributed by atoms with E-state index < -0.39 is 17.1 Å². The molecule has 2 amide bonds. The number of aliphatic hydroxyl groups excluding tert-OH is 1. The first-order chi connectivity index (χ1) is 24.1. The van der Waals surface area contributed by atoms with Crippen LogP contribution in [0.1, 0.15) is 110 Å². The zero-order valence-corrected chi connectivity index (χ0v) is 29.5. The SMILES string of the molecule is CC1=CCC[C@@]2(C)[C@@H](CC[C@@]2(O)CN(Cc2ccccc2)C(=O)N[C@H](C)c2ccccc2)c2ccc(cc2C(=O)c2ccco2)C[C@@H](O)CC1. The van der Waals surface area contributed by atoms with Gasteiger partial charge >= 0.3 is 6.03 Å². The number of furan rings is 1. The number of nitrogens with zero attached hydrogens (tertiary/aromatic N) is 1. The number of benzene rings is 3. The molecule has 4 aromatic rings. The molecule has 7 heteroatoms. The molecule has 1 fully saturated rings. The summed E-state index contributed by atoms with van der Waals surface area (Å²) in [5, 5.41) is 27.1. The summed E-state index contributed by atoms with van der Waals surface area (Å²) in [7, 11) is 0. The van der Waals surface area contributed by atoms with E-state index in [-0.39, 0.29) is 36.1 Å². The van der Waals surface area contributed by atoms with E-state index in [9.17, 15) is 19.8 Å². The van der Waals surface area contributed by atoms with Gasteiger partial charge in [0.25, 0.3) is 0 Å². The van der Waals surface area contributed by atoms with Gasteiger partial charge in [-0.25, -0.2) is 4.79 Å². The predicted octanol–water partition coefficient (Wildman–Crippen LogP) is 8.52. The second-order valence-corrected chi connectivity index (χ2v) is 14.7. The number of nitrogens with one attached hydrogen (secondary N) is 1. The number of fused-ring (bicyclic) bond motifs is 8. The van der Waals surface area contributed by atoms with Crippen LogP contribution in [-0.4, -0.2) is 45.2 Å². The van der Waals surface area contributed by atoms with Gasteiger partial charge < -0.3 is 24.8 Å². The Morgan fingerprint density at radius 3 is 2.44 bits per heavy atom. The molecule has 5 atom stereocenters. The highest BCUT2D eigenvalue weighted by molar-refractivity contribution is 6.08. The zero-order valence-electron chi connectivity index (χ0n) is 29.5. The molecule has 0 aliphatic heterocycles. The Bertz CT molecular complexity index is 1790. The molecule has 1 saturated carbocycles. The van der Waals surface area contributed by atoms with Crippen molar-refractivity contribution >= 4 is 11.8 Å². The lowest BCUT2D eigenvalue weighted by Crippen LogP contribution is -2.55. The maximum atomic E-state index is 14.2. The van der Waals surface area contributed by atoms with Crippen molar-refractivity contribution in [3.8, 4) is 0 Å². The third-order valence-corrected chi connectivity index (χ3v) is 11.3. The Hall–Kier alpha value is -4.46. The minimum Gasteiger partial charge on any atom is -0.461 e. The fourth-order valence-electron chi connectivity index (χ4n) is 8.16. The fourth-order valence-corrected chi connectivity index (χ4v) is 8.16. The Morgan fingerprint density at radius 1 is 0.980 bits per heavy atom. The van der Waals surface area contributed by atoms with Crippen LogP contribution in [-0.2, 0) is 13.0 Å². The maximum absolute atomic E-state index is 14.2. The molecule has 262 valence electrons. The van der Waals surface area contributed by atoms with E-state index >= 15 is 0 Å². The smallest absolute Gasteiger partial charge is 0.318 e. The van der Waals surface area contributed by atoms with Crippen molar-refractivity contribution in [1.29, 1.82) is 0 Å². The van der Waals surface area contributed by atoms with Crippen molar-refractivity contribution in [2.75, 3.05) is 6.54 Å². The van der Waals surface area contributed by atoms with Crippen molar-refractivity contribution in [1.82, 2.24) is 10.2 Å². The molecule has 2 bridgehead atoms. The summed E-state index contributed by atoms with van der Waals surface area (Å²) in [6, 6.07) is 28.7. The molecule has 7 rings (SSSR count). The van der Waals surface area contributed by atoms with E-state index in [1.54, 1.807) is 17.0 Å². The van der Waals surface area contributed by atoms with E-state index in [2.05, 4.69) is 25.2 Å². The topological polar surface area (TPSA) is 103 Å².